The van der Waals surface area contributed by atoms with Crippen molar-refractivity contribution in [2.45, 2.75) is 13.3 Å². The molecule has 0 atom stereocenters. The third-order valence-corrected chi connectivity index (χ3v) is 2.86. The van der Waals surface area contributed by atoms with Crippen LogP contribution in [0.15, 0.2) is 54.6 Å². The molecule has 2 rings (SSSR count). The normalized spacial score (nSPS) is 11.5. The highest BCUT2D eigenvalue weighted by Gasteiger charge is 2.30. The van der Waals surface area contributed by atoms with E-state index in [0.717, 1.165) is 23.3 Å². The molecule has 0 fully saturated rings. The number of carbonyl (C=O) groups is 1. The SMILES string of the molecule is Cc1ccc(/C=C/C(=O)Nc2ccc(OC(F)(F)F)cc2)cc1. The maximum Gasteiger partial charge on any atom is 0.573 e. The van der Waals surface area contributed by atoms with Gasteiger partial charge in [-0.3, -0.25) is 4.79 Å². The Labute approximate surface area is 131 Å². The molecule has 6 heteroatoms. The molecule has 0 radical (unpaired) electrons. The fraction of sp³-hybridized carbons (Fsp3) is 0.118. The van der Waals surface area contributed by atoms with E-state index in [2.05, 4.69) is 10.1 Å². The molecule has 2 aromatic carbocycles. The molecule has 0 aliphatic rings. The predicted molar refractivity (Wildman–Crippen MR) is 82.0 cm³/mol. The van der Waals surface area contributed by atoms with Gasteiger partial charge >= 0.3 is 6.36 Å². The van der Waals surface area contributed by atoms with Gasteiger partial charge in [-0.1, -0.05) is 29.8 Å². The number of carbonyl (C=O) groups excluding carboxylic acids is 1. The third kappa shape index (κ3) is 5.86. The molecular weight excluding hydrogens is 307 g/mol. The van der Waals surface area contributed by atoms with Gasteiger partial charge in [0.1, 0.15) is 5.75 Å². The lowest BCUT2D eigenvalue weighted by molar-refractivity contribution is -0.274. The van der Waals surface area contributed by atoms with Crippen molar-refractivity contribution in [2.24, 2.45) is 0 Å². The summed E-state index contributed by atoms with van der Waals surface area (Å²) in [7, 11) is 0. The third-order valence-electron chi connectivity index (χ3n) is 2.86. The Balaban J connectivity index is 1.93. The number of hydrogen-bond acceptors (Lipinski definition) is 2. The molecule has 0 saturated carbocycles. The summed E-state index contributed by atoms with van der Waals surface area (Å²) in [5, 5.41) is 2.55. The summed E-state index contributed by atoms with van der Waals surface area (Å²) in [6.07, 6.45) is -1.73. The first-order valence-corrected chi connectivity index (χ1v) is 6.73. The van der Waals surface area contributed by atoms with Crippen molar-refractivity contribution in [1.82, 2.24) is 0 Å². The van der Waals surface area contributed by atoms with Gasteiger partial charge in [-0.2, -0.15) is 0 Å². The maximum absolute atomic E-state index is 12.0. The second kappa shape index (κ2) is 7.00. The molecule has 0 unspecified atom stereocenters. The van der Waals surface area contributed by atoms with E-state index in [4.69, 9.17) is 0 Å². The van der Waals surface area contributed by atoms with Crippen LogP contribution in [0.1, 0.15) is 11.1 Å². The summed E-state index contributed by atoms with van der Waals surface area (Å²) in [6.45, 7) is 1.96. The van der Waals surface area contributed by atoms with Gasteiger partial charge in [0.15, 0.2) is 0 Å². The predicted octanol–water partition coefficient (Wildman–Crippen LogP) is 4.55. The first-order chi connectivity index (χ1) is 10.8. The number of alkyl halides is 3. The lowest BCUT2D eigenvalue weighted by Gasteiger charge is -2.09. The van der Waals surface area contributed by atoms with Crippen LogP contribution in [-0.2, 0) is 4.79 Å². The van der Waals surface area contributed by atoms with Gasteiger partial charge in [0.25, 0.3) is 0 Å². The molecule has 0 saturated heterocycles. The second-order valence-corrected chi connectivity index (χ2v) is 4.81. The lowest BCUT2D eigenvalue weighted by Crippen LogP contribution is -2.17. The molecule has 2 aromatic rings. The summed E-state index contributed by atoms with van der Waals surface area (Å²) >= 11 is 0. The van der Waals surface area contributed by atoms with Gasteiger partial charge in [0, 0.05) is 11.8 Å². The Hall–Kier alpha value is -2.76. The van der Waals surface area contributed by atoms with Crippen molar-refractivity contribution >= 4 is 17.7 Å². The van der Waals surface area contributed by atoms with Crippen molar-refractivity contribution in [2.75, 3.05) is 5.32 Å². The Bertz CT molecular complexity index is 689. The molecule has 120 valence electrons. The minimum absolute atomic E-state index is 0.342. The zero-order valence-corrected chi connectivity index (χ0v) is 12.2. The Morgan fingerprint density at radius 2 is 1.65 bits per heavy atom. The Morgan fingerprint density at radius 3 is 2.22 bits per heavy atom. The monoisotopic (exact) mass is 321 g/mol. The molecule has 0 heterocycles. The highest BCUT2D eigenvalue weighted by Crippen LogP contribution is 2.23. The largest absolute Gasteiger partial charge is 0.573 e. The fourth-order valence-electron chi connectivity index (χ4n) is 1.77. The summed E-state index contributed by atoms with van der Waals surface area (Å²) < 4.78 is 39.9. The van der Waals surface area contributed by atoms with Crippen LogP contribution >= 0.6 is 0 Å². The average Bonchev–Trinajstić information content (AvgIpc) is 2.47. The van der Waals surface area contributed by atoms with E-state index in [1.807, 2.05) is 31.2 Å². The molecule has 0 bridgehead atoms. The molecular formula is C17H14F3NO2. The fourth-order valence-corrected chi connectivity index (χ4v) is 1.77. The van der Waals surface area contributed by atoms with Crippen molar-refractivity contribution in [3.8, 4) is 5.75 Å². The van der Waals surface area contributed by atoms with Crippen LogP contribution in [0.4, 0.5) is 18.9 Å². The number of nitrogens with one attached hydrogen (secondary N) is 1. The van der Waals surface area contributed by atoms with E-state index in [0.29, 0.717) is 5.69 Å². The van der Waals surface area contributed by atoms with Crippen LogP contribution < -0.4 is 10.1 Å². The maximum atomic E-state index is 12.0. The number of benzene rings is 2. The van der Waals surface area contributed by atoms with Gasteiger partial charge in [-0.25, -0.2) is 0 Å². The number of hydrogen-bond donors (Lipinski definition) is 1. The number of amides is 1. The van der Waals surface area contributed by atoms with Gasteiger partial charge in [-0.15, -0.1) is 13.2 Å². The average molecular weight is 321 g/mol. The molecule has 1 amide bonds. The van der Waals surface area contributed by atoms with Gasteiger partial charge in [0.05, 0.1) is 0 Å². The molecule has 1 N–H and O–H groups in total. The van der Waals surface area contributed by atoms with Crippen molar-refractivity contribution < 1.29 is 22.7 Å². The number of halogens is 3. The standard InChI is InChI=1S/C17H14F3NO2/c1-12-2-4-13(5-3-12)6-11-16(22)21-14-7-9-15(10-8-14)23-17(18,19)20/h2-11H,1H3,(H,21,22)/b11-6+. The number of ether oxygens (including phenoxy) is 1. The summed E-state index contributed by atoms with van der Waals surface area (Å²) in [5.41, 5.74) is 2.37. The first kappa shape index (κ1) is 16.6. The van der Waals surface area contributed by atoms with Gasteiger partial charge < -0.3 is 10.1 Å². The minimum Gasteiger partial charge on any atom is -0.406 e. The van der Waals surface area contributed by atoms with Crippen molar-refractivity contribution in [3.05, 3.63) is 65.7 Å². The topological polar surface area (TPSA) is 38.3 Å². The van der Waals surface area contributed by atoms with E-state index in [9.17, 15) is 18.0 Å². The van der Waals surface area contributed by atoms with E-state index < -0.39 is 6.36 Å². The molecule has 23 heavy (non-hydrogen) atoms. The zero-order chi connectivity index (χ0) is 16.9. The smallest absolute Gasteiger partial charge is 0.406 e. The quantitative estimate of drug-likeness (QED) is 0.839. The Kier molecular flexibility index (Phi) is 5.05. The van der Waals surface area contributed by atoms with Crippen molar-refractivity contribution in [1.29, 1.82) is 0 Å². The zero-order valence-electron chi connectivity index (χ0n) is 12.2. The van der Waals surface area contributed by atoms with Crippen LogP contribution in [0.25, 0.3) is 6.08 Å². The molecule has 0 aliphatic heterocycles. The number of aryl methyl sites for hydroxylation is 1. The molecule has 3 nitrogen and oxygen atoms in total. The van der Waals surface area contributed by atoms with Crippen LogP contribution in [-0.4, -0.2) is 12.3 Å². The highest BCUT2D eigenvalue weighted by molar-refractivity contribution is 6.01. The summed E-state index contributed by atoms with van der Waals surface area (Å²) in [6, 6.07) is 12.5. The van der Waals surface area contributed by atoms with Gasteiger partial charge in [-0.05, 0) is 42.8 Å². The number of rotatable bonds is 4. The van der Waals surface area contributed by atoms with E-state index in [1.54, 1.807) is 6.08 Å². The summed E-state index contributed by atoms with van der Waals surface area (Å²) in [4.78, 5) is 11.8. The van der Waals surface area contributed by atoms with Crippen molar-refractivity contribution in [3.63, 3.8) is 0 Å². The lowest BCUT2D eigenvalue weighted by atomic mass is 10.1. The molecule has 0 aliphatic carbocycles. The van der Waals surface area contributed by atoms with Crippen LogP contribution in [0.3, 0.4) is 0 Å². The molecule has 0 aromatic heterocycles. The summed E-state index contributed by atoms with van der Waals surface area (Å²) in [5.74, 6) is -0.722. The first-order valence-electron chi connectivity index (χ1n) is 6.73. The minimum atomic E-state index is -4.73. The Morgan fingerprint density at radius 1 is 1.04 bits per heavy atom. The van der Waals surface area contributed by atoms with Gasteiger partial charge in [0.2, 0.25) is 5.91 Å². The highest BCUT2D eigenvalue weighted by atomic mass is 19.4. The number of anilines is 1. The molecule has 0 spiro atoms. The van der Waals surface area contributed by atoms with Crippen LogP contribution in [0.2, 0.25) is 0 Å². The van der Waals surface area contributed by atoms with Crippen LogP contribution in [0.5, 0.6) is 5.75 Å². The van der Waals surface area contributed by atoms with E-state index >= 15 is 0 Å². The van der Waals surface area contributed by atoms with Crippen LogP contribution in [0, 0.1) is 6.92 Å². The van der Waals surface area contributed by atoms with E-state index in [1.165, 1.54) is 18.2 Å². The van der Waals surface area contributed by atoms with E-state index in [-0.39, 0.29) is 11.7 Å². The second-order valence-electron chi connectivity index (χ2n) is 4.81.